The van der Waals surface area contributed by atoms with Crippen LogP contribution in [0.25, 0.3) is 0 Å². The molecular weight excluding hydrogens is 298 g/mol. The number of carboxylic acid groups (broad SMARTS) is 1. The van der Waals surface area contributed by atoms with Crippen molar-refractivity contribution in [2.75, 3.05) is 33.4 Å². The number of nitrogens with zero attached hydrogens (tertiary/aromatic N) is 3. The number of piperidine rings is 1. The molecule has 1 N–H and O–H groups in total. The second-order valence-electron chi connectivity index (χ2n) is 4.77. The third-order valence-electron chi connectivity index (χ3n) is 3.38. The van der Waals surface area contributed by atoms with Crippen LogP contribution >= 0.6 is 0 Å². The van der Waals surface area contributed by atoms with Gasteiger partial charge in [-0.1, -0.05) is 0 Å². The van der Waals surface area contributed by atoms with Gasteiger partial charge in [-0.25, -0.2) is 0 Å². The first-order valence-corrected chi connectivity index (χ1v) is 8.20. The zero-order valence-corrected chi connectivity index (χ0v) is 12.9. The van der Waals surface area contributed by atoms with Crippen molar-refractivity contribution in [3.63, 3.8) is 0 Å². The van der Waals surface area contributed by atoms with Crippen LogP contribution in [-0.4, -0.2) is 67.5 Å². The summed E-state index contributed by atoms with van der Waals surface area (Å²) in [4.78, 5) is 11.3. The normalized spacial score (nSPS) is 20.3. The molecule has 1 heterocycles. The van der Waals surface area contributed by atoms with Gasteiger partial charge >= 0.3 is 5.97 Å². The quantitative estimate of drug-likeness (QED) is 0.676. The predicted octanol–water partition coefficient (Wildman–Crippen LogP) is 0.0324. The SMILES string of the molecule is COCCN(CCC#N)S(=O)(=O)N1CCCCC1C(=O)O. The number of hydrogen-bond acceptors (Lipinski definition) is 5. The lowest BCUT2D eigenvalue weighted by Crippen LogP contribution is -2.54. The number of ether oxygens (including phenoxy) is 1. The second-order valence-corrected chi connectivity index (χ2v) is 6.65. The minimum Gasteiger partial charge on any atom is -0.480 e. The molecule has 1 unspecified atom stereocenters. The van der Waals surface area contributed by atoms with Crippen LogP contribution in [0.15, 0.2) is 0 Å². The molecule has 0 spiro atoms. The Bertz CT molecular complexity index is 488. The summed E-state index contributed by atoms with van der Waals surface area (Å²) >= 11 is 0. The minimum absolute atomic E-state index is 0.0328. The van der Waals surface area contributed by atoms with E-state index in [-0.39, 0.29) is 32.7 Å². The van der Waals surface area contributed by atoms with Gasteiger partial charge in [0.2, 0.25) is 0 Å². The first-order valence-electron chi connectivity index (χ1n) is 6.80. The molecule has 0 aromatic heterocycles. The first kappa shape index (κ1) is 17.8. The van der Waals surface area contributed by atoms with Crippen LogP contribution < -0.4 is 0 Å². The van der Waals surface area contributed by atoms with Gasteiger partial charge in [0.1, 0.15) is 6.04 Å². The molecule has 9 heteroatoms. The van der Waals surface area contributed by atoms with Gasteiger partial charge in [-0.3, -0.25) is 4.79 Å². The van der Waals surface area contributed by atoms with Gasteiger partial charge in [-0.05, 0) is 19.3 Å². The molecule has 1 atom stereocenters. The van der Waals surface area contributed by atoms with Gasteiger partial charge in [-0.2, -0.15) is 22.3 Å². The maximum Gasteiger partial charge on any atom is 0.322 e. The van der Waals surface area contributed by atoms with Gasteiger partial charge in [0.05, 0.1) is 12.7 Å². The smallest absolute Gasteiger partial charge is 0.322 e. The molecule has 0 amide bonds. The van der Waals surface area contributed by atoms with E-state index in [0.29, 0.717) is 19.3 Å². The average molecular weight is 319 g/mol. The summed E-state index contributed by atoms with van der Waals surface area (Å²) < 4.78 is 32.3. The molecule has 0 aromatic carbocycles. The van der Waals surface area contributed by atoms with E-state index < -0.39 is 22.2 Å². The maximum absolute atomic E-state index is 12.6. The molecule has 0 aromatic rings. The Kier molecular flexibility index (Phi) is 7.04. The van der Waals surface area contributed by atoms with E-state index in [0.717, 1.165) is 8.61 Å². The minimum atomic E-state index is -3.91. The molecule has 0 bridgehead atoms. The van der Waals surface area contributed by atoms with Crippen LogP contribution in [0.1, 0.15) is 25.7 Å². The van der Waals surface area contributed by atoms with Crippen molar-refractivity contribution in [2.24, 2.45) is 0 Å². The molecule has 0 aliphatic carbocycles. The van der Waals surface area contributed by atoms with Crippen molar-refractivity contribution in [3.05, 3.63) is 0 Å². The molecule has 1 aliphatic rings. The molecular formula is C12H21N3O5S. The van der Waals surface area contributed by atoms with Gasteiger partial charge in [0, 0.05) is 33.2 Å². The van der Waals surface area contributed by atoms with Crippen LogP contribution in [0.5, 0.6) is 0 Å². The van der Waals surface area contributed by atoms with Crippen LogP contribution in [-0.2, 0) is 19.7 Å². The van der Waals surface area contributed by atoms with E-state index in [2.05, 4.69) is 0 Å². The highest BCUT2D eigenvalue weighted by Crippen LogP contribution is 2.23. The van der Waals surface area contributed by atoms with Crippen molar-refractivity contribution in [3.8, 4) is 6.07 Å². The zero-order valence-electron chi connectivity index (χ0n) is 12.1. The number of nitriles is 1. The van der Waals surface area contributed by atoms with Crippen LogP contribution in [0.3, 0.4) is 0 Å². The lowest BCUT2D eigenvalue weighted by molar-refractivity contribution is -0.142. The Balaban J connectivity index is 2.96. The average Bonchev–Trinajstić information content (AvgIpc) is 2.47. The number of carboxylic acids is 1. The zero-order chi connectivity index (χ0) is 15.9. The molecule has 8 nitrogen and oxygen atoms in total. The fraction of sp³-hybridized carbons (Fsp3) is 0.833. The van der Waals surface area contributed by atoms with E-state index in [1.807, 2.05) is 6.07 Å². The molecule has 1 fully saturated rings. The van der Waals surface area contributed by atoms with E-state index in [9.17, 15) is 18.3 Å². The largest absolute Gasteiger partial charge is 0.480 e. The molecule has 120 valence electrons. The fourth-order valence-corrected chi connectivity index (χ4v) is 4.09. The van der Waals surface area contributed by atoms with Crippen molar-refractivity contribution in [1.29, 1.82) is 5.26 Å². The highest BCUT2D eigenvalue weighted by Gasteiger charge is 2.39. The van der Waals surface area contributed by atoms with E-state index in [1.54, 1.807) is 0 Å². The van der Waals surface area contributed by atoms with Crippen LogP contribution in [0.4, 0.5) is 0 Å². The molecule has 0 radical (unpaired) electrons. The lowest BCUT2D eigenvalue weighted by atomic mass is 10.1. The van der Waals surface area contributed by atoms with E-state index in [4.69, 9.17) is 10.00 Å². The van der Waals surface area contributed by atoms with Crippen molar-refractivity contribution in [1.82, 2.24) is 8.61 Å². The summed E-state index contributed by atoms with van der Waals surface area (Å²) in [5.74, 6) is -1.13. The van der Waals surface area contributed by atoms with Crippen molar-refractivity contribution >= 4 is 16.2 Å². The van der Waals surface area contributed by atoms with E-state index in [1.165, 1.54) is 7.11 Å². The van der Waals surface area contributed by atoms with Crippen molar-refractivity contribution < 1.29 is 23.1 Å². The second kappa shape index (κ2) is 8.29. The Morgan fingerprint density at radius 2 is 2.19 bits per heavy atom. The summed E-state index contributed by atoms with van der Waals surface area (Å²) in [5.41, 5.74) is 0. The third kappa shape index (κ3) is 4.64. The fourth-order valence-electron chi connectivity index (χ4n) is 2.29. The molecule has 1 aliphatic heterocycles. The van der Waals surface area contributed by atoms with Crippen LogP contribution in [0, 0.1) is 11.3 Å². The van der Waals surface area contributed by atoms with Gasteiger partial charge < -0.3 is 9.84 Å². The standard InChI is InChI=1S/C12H21N3O5S/c1-20-10-9-14(7-4-6-13)21(18,19)15-8-3-2-5-11(15)12(16)17/h11H,2-5,7-10H2,1H3,(H,16,17). The number of carbonyl (C=O) groups is 1. The number of rotatable bonds is 8. The Labute approximate surface area is 125 Å². The Hall–Kier alpha value is -1.21. The summed E-state index contributed by atoms with van der Waals surface area (Å²) in [6.45, 7) is 0.514. The van der Waals surface area contributed by atoms with Gasteiger partial charge in [-0.15, -0.1) is 0 Å². The highest BCUT2D eigenvalue weighted by atomic mass is 32.2. The van der Waals surface area contributed by atoms with E-state index >= 15 is 0 Å². The number of methoxy groups -OCH3 is 1. The Morgan fingerprint density at radius 3 is 2.76 bits per heavy atom. The number of hydrogen-bond donors (Lipinski definition) is 1. The summed E-state index contributed by atoms with van der Waals surface area (Å²) in [5, 5.41) is 17.9. The summed E-state index contributed by atoms with van der Waals surface area (Å²) in [6.07, 6.45) is 1.69. The maximum atomic E-state index is 12.6. The van der Waals surface area contributed by atoms with Crippen LogP contribution in [0.2, 0.25) is 0 Å². The highest BCUT2D eigenvalue weighted by molar-refractivity contribution is 7.86. The topological polar surface area (TPSA) is 111 Å². The lowest BCUT2D eigenvalue weighted by Gasteiger charge is -2.35. The molecule has 1 rings (SSSR count). The van der Waals surface area contributed by atoms with Gasteiger partial charge in [0.25, 0.3) is 10.2 Å². The molecule has 1 saturated heterocycles. The Morgan fingerprint density at radius 1 is 1.48 bits per heavy atom. The first-order chi connectivity index (χ1) is 9.95. The monoisotopic (exact) mass is 319 g/mol. The van der Waals surface area contributed by atoms with Gasteiger partial charge in [0.15, 0.2) is 0 Å². The summed E-state index contributed by atoms with van der Waals surface area (Å²) in [6, 6.07) is 0.870. The molecule has 0 saturated carbocycles. The number of aliphatic carboxylic acids is 1. The predicted molar refractivity (Wildman–Crippen MR) is 74.6 cm³/mol. The van der Waals surface area contributed by atoms with Crippen molar-refractivity contribution in [2.45, 2.75) is 31.7 Å². The molecule has 21 heavy (non-hydrogen) atoms. The third-order valence-corrected chi connectivity index (χ3v) is 5.43. The summed E-state index contributed by atoms with van der Waals surface area (Å²) in [7, 11) is -2.45.